The Labute approximate surface area is 115 Å². The van der Waals surface area contributed by atoms with Gasteiger partial charge in [-0.1, -0.05) is 17.7 Å². The Balaban J connectivity index is 2.53. The summed E-state index contributed by atoms with van der Waals surface area (Å²) in [6.07, 6.45) is 0. The molecule has 4 heteroatoms. The molecule has 0 aliphatic heterocycles. The van der Waals surface area contributed by atoms with E-state index >= 15 is 0 Å². The standard InChI is InChI=1S/C14H15ClFNS/c1-7-4-8(2)11(10(16)5-7)13(17)14-12(15)9(3)6-18-14/h4-6,13H,17H2,1-3H3. The fourth-order valence-corrected chi connectivity index (χ4v) is 3.43. The number of thiophene rings is 1. The van der Waals surface area contributed by atoms with Crippen LogP contribution in [-0.4, -0.2) is 0 Å². The minimum Gasteiger partial charge on any atom is -0.319 e. The summed E-state index contributed by atoms with van der Waals surface area (Å²) in [6, 6.07) is 2.94. The molecule has 2 rings (SSSR count). The number of hydrogen-bond donors (Lipinski definition) is 1. The SMILES string of the molecule is Cc1cc(C)c(C(N)c2scc(C)c2Cl)c(F)c1. The molecular weight excluding hydrogens is 269 g/mol. The Morgan fingerprint density at radius 3 is 2.39 bits per heavy atom. The first-order chi connectivity index (χ1) is 8.41. The highest BCUT2D eigenvalue weighted by molar-refractivity contribution is 7.10. The van der Waals surface area contributed by atoms with Crippen LogP contribution in [0.15, 0.2) is 17.5 Å². The molecule has 0 amide bonds. The Morgan fingerprint density at radius 2 is 1.89 bits per heavy atom. The van der Waals surface area contributed by atoms with Crippen LogP contribution in [0.4, 0.5) is 4.39 Å². The van der Waals surface area contributed by atoms with Gasteiger partial charge in [0, 0.05) is 10.4 Å². The molecule has 1 aromatic heterocycles. The van der Waals surface area contributed by atoms with Crippen LogP contribution >= 0.6 is 22.9 Å². The van der Waals surface area contributed by atoms with E-state index in [2.05, 4.69) is 0 Å². The summed E-state index contributed by atoms with van der Waals surface area (Å²) in [6.45, 7) is 5.67. The molecule has 1 nitrogen and oxygen atoms in total. The Morgan fingerprint density at radius 1 is 1.22 bits per heavy atom. The van der Waals surface area contributed by atoms with Crippen LogP contribution in [0.1, 0.15) is 33.2 Å². The second kappa shape index (κ2) is 5.00. The van der Waals surface area contributed by atoms with Crippen LogP contribution in [0, 0.1) is 26.6 Å². The van der Waals surface area contributed by atoms with Crippen LogP contribution in [0.2, 0.25) is 5.02 Å². The van der Waals surface area contributed by atoms with Gasteiger partial charge >= 0.3 is 0 Å². The second-order valence-corrected chi connectivity index (χ2v) is 5.84. The van der Waals surface area contributed by atoms with E-state index in [4.69, 9.17) is 17.3 Å². The molecule has 0 saturated heterocycles. The van der Waals surface area contributed by atoms with Crippen molar-refractivity contribution in [2.45, 2.75) is 26.8 Å². The van der Waals surface area contributed by atoms with E-state index < -0.39 is 6.04 Å². The van der Waals surface area contributed by atoms with Crippen molar-refractivity contribution in [1.82, 2.24) is 0 Å². The number of rotatable bonds is 2. The van der Waals surface area contributed by atoms with Gasteiger partial charge in [-0.2, -0.15) is 0 Å². The van der Waals surface area contributed by atoms with E-state index in [1.165, 1.54) is 17.4 Å². The predicted molar refractivity (Wildman–Crippen MR) is 76.0 cm³/mol. The fourth-order valence-electron chi connectivity index (χ4n) is 2.11. The first kappa shape index (κ1) is 13.5. The highest BCUT2D eigenvalue weighted by Gasteiger charge is 2.21. The third-order valence-corrected chi connectivity index (χ3v) is 4.80. The van der Waals surface area contributed by atoms with Gasteiger partial charge in [0.1, 0.15) is 5.82 Å². The van der Waals surface area contributed by atoms with E-state index in [0.29, 0.717) is 10.6 Å². The third kappa shape index (κ3) is 2.30. The molecule has 96 valence electrons. The third-order valence-electron chi connectivity index (χ3n) is 3.00. The molecule has 2 aromatic rings. The number of benzene rings is 1. The van der Waals surface area contributed by atoms with Crippen molar-refractivity contribution in [3.05, 3.63) is 55.5 Å². The monoisotopic (exact) mass is 283 g/mol. The van der Waals surface area contributed by atoms with E-state index in [1.54, 1.807) is 0 Å². The van der Waals surface area contributed by atoms with Gasteiger partial charge in [0.05, 0.1) is 11.1 Å². The molecule has 1 aromatic carbocycles. The maximum atomic E-state index is 14.1. The largest absolute Gasteiger partial charge is 0.319 e. The highest BCUT2D eigenvalue weighted by atomic mass is 35.5. The quantitative estimate of drug-likeness (QED) is 0.862. The summed E-state index contributed by atoms with van der Waals surface area (Å²) in [5.74, 6) is -0.262. The lowest BCUT2D eigenvalue weighted by Crippen LogP contribution is -2.14. The summed E-state index contributed by atoms with van der Waals surface area (Å²) in [4.78, 5) is 0.819. The van der Waals surface area contributed by atoms with Gasteiger partial charge in [-0.05, 0) is 48.9 Å². The first-order valence-electron chi connectivity index (χ1n) is 5.67. The first-order valence-corrected chi connectivity index (χ1v) is 6.93. The van der Waals surface area contributed by atoms with Crippen molar-refractivity contribution in [2.75, 3.05) is 0 Å². The highest BCUT2D eigenvalue weighted by Crippen LogP contribution is 2.36. The van der Waals surface area contributed by atoms with Gasteiger partial charge in [-0.3, -0.25) is 0 Å². The Bertz CT molecular complexity index is 568. The van der Waals surface area contributed by atoms with Gasteiger partial charge < -0.3 is 5.73 Å². The number of halogens is 2. The molecule has 0 fully saturated rings. The zero-order valence-corrected chi connectivity index (χ0v) is 12.1. The normalized spacial score (nSPS) is 12.8. The van der Waals surface area contributed by atoms with Gasteiger partial charge in [-0.15, -0.1) is 11.3 Å². The molecule has 1 heterocycles. The summed E-state index contributed by atoms with van der Waals surface area (Å²) in [7, 11) is 0. The lowest BCUT2D eigenvalue weighted by molar-refractivity contribution is 0.597. The van der Waals surface area contributed by atoms with Crippen LogP contribution in [0.3, 0.4) is 0 Å². The van der Waals surface area contributed by atoms with E-state index in [1.807, 2.05) is 32.2 Å². The molecular formula is C14H15ClFNS. The van der Waals surface area contributed by atoms with Crippen molar-refractivity contribution < 1.29 is 4.39 Å². The van der Waals surface area contributed by atoms with Crippen molar-refractivity contribution >= 4 is 22.9 Å². The van der Waals surface area contributed by atoms with Crippen molar-refractivity contribution in [1.29, 1.82) is 0 Å². The van der Waals surface area contributed by atoms with Crippen LogP contribution in [0.5, 0.6) is 0 Å². The minimum absolute atomic E-state index is 0.262. The van der Waals surface area contributed by atoms with E-state index in [-0.39, 0.29) is 5.82 Å². The molecule has 0 bridgehead atoms. The summed E-state index contributed by atoms with van der Waals surface area (Å²) < 4.78 is 14.1. The van der Waals surface area contributed by atoms with Crippen molar-refractivity contribution in [2.24, 2.45) is 5.73 Å². The van der Waals surface area contributed by atoms with Crippen LogP contribution in [-0.2, 0) is 0 Å². The second-order valence-electron chi connectivity index (χ2n) is 4.55. The van der Waals surface area contributed by atoms with E-state index in [9.17, 15) is 4.39 Å². The Hall–Kier alpha value is -0.900. The molecule has 0 saturated carbocycles. The van der Waals surface area contributed by atoms with Crippen LogP contribution in [0.25, 0.3) is 0 Å². The van der Waals surface area contributed by atoms with Gasteiger partial charge in [-0.25, -0.2) is 4.39 Å². The Kier molecular flexibility index (Phi) is 3.76. The molecule has 2 N–H and O–H groups in total. The van der Waals surface area contributed by atoms with Gasteiger partial charge in [0.15, 0.2) is 0 Å². The lowest BCUT2D eigenvalue weighted by atomic mass is 9.97. The zero-order chi connectivity index (χ0) is 13.4. The topological polar surface area (TPSA) is 26.0 Å². The fraction of sp³-hybridized carbons (Fsp3) is 0.286. The molecule has 0 spiro atoms. The summed E-state index contributed by atoms with van der Waals surface area (Å²) in [5, 5.41) is 2.59. The molecule has 0 aliphatic rings. The molecule has 0 aliphatic carbocycles. The summed E-state index contributed by atoms with van der Waals surface area (Å²) >= 11 is 7.67. The van der Waals surface area contributed by atoms with Gasteiger partial charge in [0.2, 0.25) is 0 Å². The molecule has 18 heavy (non-hydrogen) atoms. The molecule has 1 atom stereocenters. The summed E-state index contributed by atoms with van der Waals surface area (Å²) in [5.41, 5.74) is 9.44. The zero-order valence-electron chi connectivity index (χ0n) is 10.6. The number of aryl methyl sites for hydroxylation is 3. The molecule has 0 radical (unpaired) electrons. The number of nitrogens with two attached hydrogens (primary N) is 1. The number of hydrogen-bond acceptors (Lipinski definition) is 2. The van der Waals surface area contributed by atoms with Gasteiger partial charge in [0.25, 0.3) is 0 Å². The van der Waals surface area contributed by atoms with E-state index in [0.717, 1.165) is 21.6 Å². The van der Waals surface area contributed by atoms with Crippen molar-refractivity contribution in [3.63, 3.8) is 0 Å². The van der Waals surface area contributed by atoms with Crippen molar-refractivity contribution in [3.8, 4) is 0 Å². The van der Waals surface area contributed by atoms with Crippen LogP contribution < -0.4 is 5.73 Å². The minimum atomic E-state index is -0.503. The average molecular weight is 284 g/mol. The maximum Gasteiger partial charge on any atom is 0.128 e. The smallest absolute Gasteiger partial charge is 0.128 e. The maximum absolute atomic E-state index is 14.1. The molecule has 1 unspecified atom stereocenters. The average Bonchev–Trinajstić information content (AvgIpc) is 2.58. The lowest BCUT2D eigenvalue weighted by Gasteiger charge is -2.16. The predicted octanol–water partition coefficient (Wildman–Crippen LogP) is 4.51.